The van der Waals surface area contributed by atoms with Gasteiger partial charge in [0, 0.05) is 11.6 Å². The van der Waals surface area contributed by atoms with E-state index in [0.29, 0.717) is 18.1 Å². The molecule has 0 bridgehead atoms. The molecule has 8 nitrogen and oxygen atoms in total. The van der Waals surface area contributed by atoms with Crippen LogP contribution >= 0.6 is 23.2 Å². The van der Waals surface area contributed by atoms with E-state index in [1.165, 1.54) is 19.2 Å². The van der Waals surface area contributed by atoms with Crippen molar-refractivity contribution in [1.82, 2.24) is 15.4 Å². The molecule has 1 aromatic rings. The first-order valence-electron chi connectivity index (χ1n) is 11.3. The van der Waals surface area contributed by atoms with Crippen molar-refractivity contribution in [3.63, 3.8) is 0 Å². The van der Waals surface area contributed by atoms with Crippen molar-refractivity contribution in [2.45, 2.75) is 53.0 Å². The van der Waals surface area contributed by atoms with Crippen molar-refractivity contribution in [1.29, 1.82) is 0 Å². The summed E-state index contributed by atoms with van der Waals surface area (Å²) in [5.41, 5.74) is 0.186. The molecule has 0 radical (unpaired) electrons. The monoisotopic (exact) mass is 515 g/mol. The van der Waals surface area contributed by atoms with Crippen LogP contribution in [0, 0.1) is 11.8 Å². The van der Waals surface area contributed by atoms with Crippen LogP contribution in [0.1, 0.15) is 51.4 Å². The summed E-state index contributed by atoms with van der Waals surface area (Å²) in [4.78, 5) is 39.2. The highest BCUT2D eigenvalue weighted by Crippen LogP contribution is 2.20. The van der Waals surface area contributed by atoms with Crippen molar-refractivity contribution in [3.8, 4) is 0 Å². The molecule has 11 heteroatoms. The third-order valence-corrected chi connectivity index (χ3v) is 5.72. The minimum absolute atomic E-state index is 0.186. The summed E-state index contributed by atoms with van der Waals surface area (Å²) < 4.78 is 11.0. The molecule has 0 saturated carbocycles. The van der Waals surface area contributed by atoms with Crippen molar-refractivity contribution >= 4 is 48.0 Å². The molecule has 1 rings (SSSR count). The molecular formula is C23H36BCl2N3O5. The number of halogens is 2. The van der Waals surface area contributed by atoms with Crippen LogP contribution in [0.15, 0.2) is 18.2 Å². The van der Waals surface area contributed by atoms with Crippen LogP contribution in [-0.4, -0.2) is 68.9 Å². The lowest BCUT2D eigenvalue weighted by Crippen LogP contribution is -2.61. The second-order valence-corrected chi connectivity index (χ2v) is 9.94. The maximum Gasteiger partial charge on any atom is 0.406 e. The molecule has 2 amide bonds. The average Bonchev–Trinajstić information content (AvgIpc) is 2.77. The molecule has 0 heterocycles. The van der Waals surface area contributed by atoms with Crippen LogP contribution in [0.2, 0.25) is 10.0 Å². The van der Waals surface area contributed by atoms with Crippen molar-refractivity contribution in [2.75, 3.05) is 27.3 Å². The Bertz CT molecular complexity index is 841. The number of carbonyl (C=O) groups is 3. The number of ether oxygens (including phenoxy) is 1. The number of nitrogens with zero attached hydrogens (tertiary/aromatic N) is 1. The van der Waals surface area contributed by atoms with E-state index in [2.05, 4.69) is 10.6 Å². The molecule has 34 heavy (non-hydrogen) atoms. The van der Waals surface area contributed by atoms with E-state index < -0.39 is 36.8 Å². The van der Waals surface area contributed by atoms with E-state index in [4.69, 9.17) is 32.6 Å². The third kappa shape index (κ3) is 9.82. The Balaban J connectivity index is 2.99. The van der Waals surface area contributed by atoms with Crippen molar-refractivity contribution in [3.05, 3.63) is 33.8 Å². The molecule has 190 valence electrons. The van der Waals surface area contributed by atoms with E-state index in [9.17, 15) is 14.4 Å². The zero-order valence-electron chi connectivity index (χ0n) is 21.0. The van der Waals surface area contributed by atoms with Crippen LogP contribution in [0.5, 0.6) is 0 Å². The number of esters is 1. The van der Waals surface area contributed by atoms with Gasteiger partial charge in [0.15, 0.2) is 0 Å². The first-order valence-corrected chi connectivity index (χ1v) is 12.1. The molecule has 0 saturated heterocycles. The highest BCUT2D eigenvalue weighted by atomic mass is 35.5. The summed E-state index contributed by atoms with van der Waals surface area (Å²) in [5, 5.41) is 6.14. The van der Waals surface area contributed by atoms with E-state index in [0.717, 1.165) is 0 Å². The molecule has 0 aliphatic carbocycles. The highest BCUT2D eigenvalue weighted by molar-refractivity contribution is 6.51. The van der Waals surface area contributed by atoms with Crippen LogP contribution in [0.3, 0.4) is 0 Å². The molecule has 0 unspecified atom stereocenters. The first kappa shape index (κ1) is 30.2. The fraction of sp³-hybridized carbons (Fsp3) is 0.609. The Hall–Kier alpha value is -1.81. The van der Waals surface area contributed by atoms with Gasteiger partial charge in [0.05, 0.1) is 36.2 Å². The Morgan fingerprint density at radius 2 is 1.74 bits per heavy atom. The van der Waals surface area contributed by atoms with Gasteiger partial charge in [-0.3, -0.25) is 14.4 Å². The zero-order valence-corrected chi connectivity index (χ0v) is 22.5. The van der Waals surface area contributed by atoms with Crippen LogP contribution in [-0.2, 0) is 19.0 Å². The van der Waals surface area contributed by atoms with E-state index in [1.807, 2.05) is 27.7 Å². The van der Waals surface area contributed by atoms with Gasteiger partial charge in [0.25, 0.3) is 5.91 Å². The number of nitrogens with one attached hydrogen (secondary N) is 2. The van der Waals surface area contributed by atoms with Gasteiger partial charge < -0.3 is 24.8 Å². The molecule has 0 spiro atoms. The van der Waals surface area contributed by atoms with Crippen LogP contribution in [0.4, 0.5) is 0 Å². The maximum atomic E-state index is 12.8. The number of benzene rings is 1. The molecule has 0 aliphatic rings. The number of amides is 2. The number of likely N-dealkylation sites (N-methyl/N-ethyl adjacent to an activating group) is 1. The Labute approximate surface area is 213 Å². The van der Waals surface area contributed by atoms with Gasteiger partial charge in [-0.25, -0.2) is 0 Å². The van der Waals surface area contributed by atoms with Crippen LogP contribution in [0.25, 0.3) is 0 Å². The van der Waals surface area contributed by atoms with Crippen molar-refractivity contribution < 1.29 is 23.8 Å². The van der Waals surface area contributed by atoms with Crippen molar-refractivity contribution in [2.24, 2.45) is 11.8 Å². The molecule has 1 aromatic carbocycles. The molecule has 0 fully saturated rings. The topological polar surface area (TPSA) is 97.0 Å². The lowest BCUT2D eigenvalue weighted by atomic mass is 9.66. The predicted octanol–water partition coefficient (Wildman–Crippen LogP) is 3.45. The summed E-state index contributed by atoms with van der Waals surface area (Å²) in [7, 11) is 2.51. The molecule has 0 aromatic heterocycles. The minimum Gasteiger partial charge on any atom is -0.468 e. The largest absolute Gasteiger partial charge is 0.468 e. The maximum absolute atomic E-state index is 12.8. The smallest absolute Gasteiger partial charge is 0.406 e. The Kier molecular flexibility index (Phi) is 12.9. The van der Waals surface area contributed by atoms with Gasteiger partial charge in [-0.2, -0.15) is 0 Å². The average molecular weight is 516 g/mol. The lowest BCUT2D eigenvalue weighted by Gasteiger charge is -2.35. The Morgan fingerprint density at radius 1 is 1.09 bits per heavy atom. The summed E-state index contributed by atoms with van der Waals surface area (Å²) in [6.45, 7) is 10.0. The molecule has 2 atom stereocenters. The molecule has 2 N–H and O–H groups in total. The van der Waals surface area contributed by atoms with Gasteiger partial charge in [-0.15, -0.1) is 0 Å². The van der Waals surface area contributed by atoms with Crippen LogP contribution < -0.4 is 10.6 Å². The zero-order chi connectivity index (χ0) is 26.0. The summed E-state index contributed by atoms with van der Waals surface area (Å²) >= 11 is 12.0. The second kappa shape index (κ2) is 14.6. The number of hydrogen-bond acceptors (Lipinski definition) is 6. The molecular weight excluding hydrogens is 480 g/mol. The summed E-state index contributed by atoms with van der Waals surface area (Å²) in [6, 6.07) is 3.95. The lowest BCUT2D eigenvalue weighted by molar-refractivity contribution is -0.144. The minimum atomic E-state index is -0.585. The quantitative estimate of drug-likeness (QED) is 0.308. The second-order valence-electron chi connectivity index (χ2n) is 9.09. The van der Waals surface area contributed by atoms with Gasteiger partial charge in [0.2, 0.25) is 5.91 Å². The van der Waals surface area contributed by atoms with Gasteiger partial charge in [-0.05, 0) is 50.4 Å². The number of methoxy groups -OCH3 is 1. The normalized spacial score (nSPS) is 13.1. The standard InChI is InChI=1S/C23H36BCl2N3O5/c1-14(2)10-20(24(34-13-15(3)4)29(6)16(5)23(32)33-7)28-21(30)12-27-22(31)18-11-17(25)8-9-19(18)26/h8-9,11,14-16,20H,10,12-13H2,1-7H3,(H,27,31)(H,28,30)/t16-,20+/m1/s1. The fourth-order valence-corrected chi connectivity index (χ4v) is 3.68. The van der Waals surface area contributed by atoms with E-state index in [-0.39, 0.29) is 29.0 Å². The SMILES string of the molecule is COC(=O)[C@@H](C)N(C)B(OCC(C)C)[C@H](CC(C)C)NC(=O)CNC(=O)c1cc(Cl)ccc1Cl. The number of hydrogen-bond donors (Lipinski definition) is 2. The van der Waals surface area contributed by atoms with Gasteiger partial charge in [-0.1, -0.05) is 50.9 Å². The highest BCUT2D eigenvalue weighted by Gasteiger charge is 2.38. The first-order chi connectivity index (χ1) is 15.9. The summed E-state index contributed by atoms with van der Waals surface area (Å²) in [6.07, 6.45) is 0.598. The predicted molar refractivity (Wildman–Crippen MR) is 136 cm³/mol. The number of rotatable bonds is 13. The summed E-state index contributed by atoms with van der Waals surface area (Å²) in [5.74, 6) is -1.25. The number of carbonyl (C=O) groups excluding carboxylic acids is 3. The Morgan fingerprint density at radius 3 is 2.29 bits per heavy atom. The van der Waals surface area contributed by atoms with Gasteiger partial charge in [0.1, 0.15) is 0 Å². The van der Waals surface area contributed by atoms with Gasteiger partial charge >= 0.3 is 13.0 Å². The third-order valence-electron chi connectivity index (χ3n) is 5.15. The van der Waals surface area contributed by atoms with E-state index in [1.54, 1.807) is 24.8 Å². The van der Waals surface area contributed by atoms with E-state index >= 15 is 0 Å². The molecule has 0 aliphatic heterocycles. The fourth-order valence-electron chi connectivity index (χ4n) is 3.31.